The Morgan fingerprint density at radius 3 is 2.24 bits per heavy atom. The molecule has 1 saturated carbocycles. The predicted octanol–water partition coefficient (Wildman–Crippen LogP) is 4.62. The van der Waals surface area contributed by atoms with Crippen molar-refractivity contribution in [3.63, 3.8) is 0 Å². The molecule has 17 heavy (non-hydrogen) atoms. The lowest BCUT2D eigenvalue weighted by atomic mass is 9.70. The van der Waals surface area contributed by atoms with E-state index in [4.69, 9.17) is 0 Å². The van der Waals surface area contributed by atoms with E-state index in [1.807, 2.05) is 0 Å². The van der Waals surface area contributed by atoms with Gasteiger partial charge in [0, 0.05) is 6.04 Å². The van der Waals surface area contributed by atoms with Crippen LogP contribution >= 0.6 is 0 Å². The number of hydrogen-bond acceptors (Lipinski definition) is 1. The maximum Gasteiger partial charge on any atom is 0.00977 e. The Labute approximate surface area is 109 Å². The first-order valence-electron chi connectivity index (χ1n) is 7.72. The van der Waals surface area contributed by atoms with E-state index in [0.717, 1.165) is 24.4 Å². The first-order chi connectivity index (χ1) is 7.98. The summed E-state index contributed by atoms with van der Waals surface area (Å²) < 4.78 is 0. The van der Waals surface area contributed by atoms with Crippen LogP contribution < -0.4 is 5.32 Å². The fourth-order valence-electron chi connectivity index (χ4n) is 3.13. The summed E-state index contributed by atoms with van der Waals surface area (Å²) in [5.74, 6) is 1.80. The molecule has 0 amide bonds. The summed E-state index contributed by atoms with van der Waals surface area (Å²) in [4.78, 5) is 0. The minimum absolute atomic E-state index is 0.601. The van der Waals surface area contributed by atoms with E-state index in [1.165, 1.54) is 38.5 Å². The molecule has 0 aliphatic heterocycles. The van der Waals surface area contributed by atoms with Crippen molar-refractivity contribution >= 4 is 0 Å². The Kier molecular flexibility index (Phi) is 5.99. The second-order valence-electron chi connectivity index (χ2n) is 6.91. The van der Waals surface area contributed by atoms with Crippen LogP contribution in [0.4, 0.5) is 0 Å². The largest absolute Gasteiger partial charge is 0.314 e. The summed E-state index contributed by atoms with van der Waals surface area (Å²) in [6, 6.07) is 0.769. The Balaban J connectivity index is 2.47. The van der Waals surface area contributed by atoms with Gasteiger partial charge in [-0.25, -0.2) is 0 Å². The zero-order chi connectivity index (χ0) is 12.9. The normalized spacial score (nSPS) is 24.5. The summed E-state index contributed by atoms with van der Waals surface area (Å²) in [5, 5.41) is 3.74. The molecule has 1 aliphatic rings. The van der Waals surface area contributed by atoms with Gasteiger partial charge in [0.2, 0.25) is 0 Å². The van der Waals surface area contributed by atoms with E-state index in [2.05, 4.69) is 39.9 Å². The smallest absolute Gasteiger partial charge is 0.00977 e. The Hall–Kier alpha value is -0.0400. The van der Waals surface area contributed by atoms with Crippen molar-refractivity contribution < 1.29 is 0 Å². The van der Waals surface area contributed by atoms with Gasteiger partial charge in [-0.15, -0.1) is 0 Å². The van der Waals surface area contributed by atoms with Gasteiger partial charge in [0.25, 0.3) is 0 Å². The van der Waals surface area contributed by atoms with Crippen LogP contribution in [0.15, 0.2) is 0 Å². The zero-order valence-electron chi connectivity index (χ0n) is 12.7. The van der Waals surface area contributed by atoms with Crippen LogP contribution in [-0.4, -0.2) is 12.6 Å². The molecule has 0 aromatic heterocycles. The average molecular weight is 239 g/mol. The van der Waals surface area contributed by atoms with Crippen molar-refractivity contribution in [3.05, 3.63) is 0 Å². The molecule has 0 aromatic rings. The topological polar surface area (TPSA) is 12.0 Å². The van der Waals surface area contributed by atoms with Gasteiger partial charge in [0.15, 0.2) is 0 Å². The van der Waals surface area contributed by atoms with E-state index < -0.39 is 0 Å². The highest BCUT2D eigenvalue weighted by Gasteiger charge is 2.31. The third kappa shape index (κ3) is 4.99. The van der Waals surface area contributed by atoms with E-state index in [0.29, 0.717) is 5.41 Å². The standard InChI is InChI=1S/C16H33N/c1-6-13(3)12-15(17-7-2)14-8-10-16(4,5)11-9-14/h13-15,17H,6-12H2,1-5H3. The fraction of sp³-hybridized carbons (Fsp3) is 1.00. The monoisotopic (exact) mass is 239 g/mol. The highest BCUT2D eigenvalue weighted by atomic mass is 14.9. The van der Waals surface area contributed by atoms with Crippen molar-refractivity contribution in [2.75, 3.05) is 6.54 Å². The van der Waals surface area contributed by atoms with Gasteiger partial charge in [-0.2, -0.15) is 0 Å². The third-order valence-corrected chi connectivity index (χ3v) is 4.77. The van der Waals surface area contributed by atoms with Gasteiger partial charge >= 0.3 is 0 Å². The molecular weight excluding hydrogens is 206 g/mol. The molecule has 0 saturated heterocycles. The Morgan fingerprint density at radius 2 is 1.76 bits per heavy atom. The van der Waals surface area contributed by atoms with Crippen LogP contribution in [0.2, 0.25) is 0 Å². The van der Waals surface area contributed by atoms with Gasteiger partial charge in [-0.05, 0) is 55.9 Å². The van der Waals surface area contributed by atoms with Crippen molar-refractivity contribution in [1.82, 2.24) is 5.32 Å². The first kappa shape index (κ1) is 15.0. The number of hydrogen-bond donors (Lipinski definition) is 1. The molecule has 1 fully saturated rings. The van der Waals surface area contributed by atoms with Crippen LogP contribution in [0.1, 0.15) is 73.1 Å². The molecule has 1 aliphatic carbocycles. The van der Waals surface area contributed by atoms with Crippen LogP contribution in [0, 0.1) is 17.3 Å². The summed E-state index contributed by atoms with van der Waals surface area (Å²) >= 11 is 0. The quantitative estimate of drug-likeness (QED) is 0.713. The molecule has 0 radical (unpaired) electrons. The maximum absolute atomic E-state index is 3.74. The van der Waals surface area contributed by atoms with Gasteiger partial charge in [-0.1, -0.05) is 41.0 Å². The van der Waals surface area contributed by atoms with Crippen molar-refractivity contribution in [3.8, 4) is 0 Å². The number of rotatable bonds is 6. The minimum atomic E-state index is 0.601. The molecule has 0 spiro atoms. The zero-order valence-corrected chi connectivity index (χ0v) is 12.7. The molecule has 2 atom stereocenters. The molecule has 102 valence electrons. The van der Waals surface area contributed by atoms with Crippen molar-refractivity contribution in [2.45, 2.75) is 79.2 Å². The van der Waals surface area contributed by atoms with Gasteiger partial charge in [0.05, 0.1) is 0 Å². The van der Waals surface area contributed by atoms with E-state index >= 15 is 0 Å². The molecular formula is C16H33N. The van der Waals surface area contributed by atoms with Gasteiger partial charge < -0.3 is 5.32 Å². The van der Waals surface area contributed by atoms with Crippen LogP contribution in [0.25, 0.3) is 0 Å². The molecule has 1 heteroatoms. The van der Waals surface area contributed by atoms with Crippen LogP contribution in [0.3, 0.4) is 0 Å². The maximum atomic E-state index is 3.74. The molecule has 0 bridgehead atoms. The van der Waals surface area contributed by atoms with E-state index in [9.17, 15) is 0 Å². The Morgan fingerprint density at radius 1 is 1.18 bits per heavy atom. The molecule has 1 rings (SSSR count). The molecule has 2 unspecified atom stereocenters. The average Bonchev–Trinajstić information content (AvgIpc) is 2.28. The number of nitrogens with one attached hydrogen (secondary N) is 1. The van der Waals surface area contributed by atoms with E-state index in [1.54, 1.807) is 0 Å². The lowest BCUT2D eigenvalue weighted by molar-refractivity contribution is 0.151. The second kappa shape index (κ2) is 6.78. The molecule has 0 heterocycles. The molecule has 1 N–H and O–H groups in total. The van der Waals surface area contributed by atoms with Crippen molar-refractivity contribution in [1.29, 1.82) is 0 Å². The lowest BCUT2D eigenvalue weighted by Gasteiger charge is -2.39. The lowest BCUT2D eigenvalue weighted by Crippen LogP contribution is -2.40. The minimum Gasteiger partial charge on any atom is -0.314 e. The predicted molar refractivity (Wildman–Crippen MR) is 77.3 cm³/mol. The summed E-state index contributed by atoms with van der Waals surface area (Å²) in [6.07, 6.45) is 8.39. The summed E-state index contributed by atoms with van der Waals surface area (Å²) in [6.45, 7) is 13.0. The van der Waals surface area contributed by atoms with Gasteiger partial charge in [-0.3, -0.25) is 0 Å². The SMILES string of the molecule is CCNC(CC(C)CC)C1CCC(C)(C)CC1. The fourth-order valence-corrected chi connectivity index (χ4v) is 3.13. The van der Waals surface area contributed by atoms with Crippen LogP contribution in [0.5, 0.6) is 0 Å². The first-order valence-corrected chi connectivity index (χ1v) is 7.72. The third-order valence-electron chi connectivity index (χ3n) is 4.77. The van der Waals surface area contributed by atoms with E-state index in [-0.39, 0.29) is 0 Å². The highest BCUT2D eigenvalue weighted by Crippen LogP contribution is 2.40. The Bertz CT molecular complexity index is 200. The van der Waals surface area contributed by atoms with Gasteiger partial charge in [0.1, 0.15) is 0 Å². The molecule has 1 nitrogen and oxygen atoms in total. The van der Waals surface area contributed by atoms with Crippen LogP contribution in [-0.2, 0) is 0 Å². The molecule has 0 aromatic carbocycles. The summed E-state index contributed by atoms with van der Waals surface area (Å²) in [5.41, 5.74) is 0.601. The second-order valence-corrected chi connectivity index (χ2v) is 6.91. The summed E-state index contributed by atoms with van der Waals surface area (Å²) in [7, 11) is 0. The highest BCUT2D eigenvalue weighted by molar-refractivity contribution is 4.85. The van der Waals surface area contributed by atoms with Crippen molar-refractivity contribution in [2.24, 2.45) is 17.3 Å².